The average molecular weight is 356 g/mol. The van der Waals surface area contributed by atoms with Crippen LogP contribution in [0.1, 0.15) is 18.7 Å². The molecule has 0 saturated heterocycles. The molecular weight excluding hydrogens is 341 g/mol. The minimum Gasteiger partial charge on any atom is -0.480 e. The van der Waals surface area contributed by atoms with Crippen molar-refractivity contribution in [1.29, 1.82) is 0 Å². The molecule has 2 rings (SSSR count). The van der Waals surface area contributed by atoms with Crippen LogP contribution in [0, 0.1) is 5.82 Å². The summed E-state index contributed by atoms with van der Waals surface area (Å²) in [5, 5.41) is 2.65. The van der Waals surface area contributed by atoms with Gasteiger partial charge in [-0.2, -0.15) is 0 Å². The van der Waals surface area contributed by atoms with Gasteiger partial charge in [-0.05, 0) is 37.3 Å². The van der Waals surface area contributed by atoms with Crippen LogP contribution in [0.5, 0.6) is 5.75 Å². The smallest absolute Gasteiger partial charge is 0.344 e. The molecule has 24 heavy (non-hydrogen) atoms. The second kappa shape index (κ2) is 8.35. The molecule has 0 bridgehead atoms. The molecule has 0 aliphatic heterocycles. The van der Waals surface area contributed by atoms with E-state index >= 15 is 0 Å². The van der Waals surface area contributed by atoms with Crippen molar-refractivity contribution in [3.8, 4) is 5.75 Å². The number of hydrogen-bond donors (Lipinski definition) is 1. The van der Waals surface area contributed by atoms with E-state index in [2.05, 4.69) is 5.32 Å². The standard InChI is InChI=1S/C16H15ClFNO5/c1-10(13-3-2-6-22-13)19-15(20)8-24-16(21)9-23-14-5-4-11(18)7-12(14)17/h2-7,10H,8-9H2,1H3,(H,19,20)/t10-/m1/s1. The van der Waals surface area contributed by atoms with Gasteiger partial charge in [0.1, 0.15) is 17.3 Å². The Morgan fingerprint density at radius 3 is 2.79 bits per heavy atom. The summed E-state index contributed by atoms with van der Waals surface area (Å²) in [7, 11) is 0. The number of amides is 1. The van der Waals surface area contributed by atoms with Crippen molar-refractivity contribution in [2.75, 3.05) is 13.2 Å². The molecule has 128 valence electrons. The molecule has 8 heteroatoms. The molecule has 0 aliphatic rings. The third-order valence-electron chi connectivity index (χ3n) is 2.95. The number of halogens is 2. The van der Waals surface area contributed by atoms with E-state index in [9.17, 15) is 14.0 Å². The largest absolute Gasteiger partial charge is 0.480 e. The van der Waals surface area contributed by atoms with Crippen molar-refractivity contribution in [3.63, 3.8) is 0 Å². The maximum atomic E-state index is 12.9. The van der Waals surface area contributed by atoms with Crippen LogP contribution in [0.3, 0.4) is 0 Å². The maximum absolute atomic E-state index is 12.9. The summed E-state index contributed by atoms with van der Waals surface area (Å²) in [5.41, 5.74) is 0. The molecule has 1 aromatic carbocycles. The van der Waals surface area contributed by atoms with Crippen LogP contribution in [0.15, 0.2) is 41.0 Å². The summed E-state index contributed by atoms with van der Waals surface area (Å²) in [4.78, 5) is 23.2. The Labute approximate surface area is 142 Å². The van der Waals surface area contributed by atoms with E-state index in [1.54, 1.807) is 19.1 Å². The van der Waals surface area contributed by atoms with Gasteiger partial charge in [0.15, 0.2) is 13.2 Å². The van der Waals surface area contributed by atoms with E-state index in [-0.39, 0.29) is 16.8 Å². The number of rotatable bonds is 7. The van der Waals surface area contributed by atoms with Gasteiger partial charge >= 0.3 is 5.97 Å². The molecule has 1 atom stereocenters. The van der Waals surface area contributed by atoms with E-state index in [1.807, 2.05) is 0 Å². The van der Waals surface area contributed by atoms with Crippen molar-refractivity contribution in [1.82, 2.24) is 5.32 Å². The van der Waals surface area contributed by atoms with Gasteiger partial charge in [0.25, 0.3) is 5.91 Å². The van der Waals surface area contributed by atoms with Gasteiger partial charge in [-0.25, -0.2) is 9.18 Å². The molecular formula is C16H15ClFNO5. The van der Waals surface area contributed by atoms with Crippen LogP contribution in [0.25, 0.3) is 0 Å². The quantitative estimate of drug-likeness (QED) is 0.773. The van der Waals surface area contributed by atoms with E-state index < -0.39 is 30.9 Å². The van der Waals surface area contributed by atoms with E-state index in [1.165, 1.54) is 12.3 Å². The highest BCUT2D eigenvalue weighted by Crippen LogP contribution is 2.24. The van der Waals surface area contributed by atoms with Gasteiger partial charge in [0.2, 0.25) is 0 Å². The van der Waals surface area contributed by atoms with Gasteiger partial charge in [-0.1, -0.05) is 11.6 Å². The maximum Gasteiger partial charge on any atom is 0.344 e. The van der Waals surface area contributed by atoms with Crippen LogP contribution in [-0.2, 0) is 14.3 Å². The first-order valence-corrected chi connectivity index (χ1v) is 7.39. The number of benzene rings is 1. The number of nitrogens with one attached hydrogen (secondary N) is 1. The highest BCUT2D eigenvalue weighted by molar-refractivity contribution is 6.32. The molecule has 1 N–H and O–H groups in total. The van der Waals surface area contributed by atoms with Crippen molar-refractivity contribution in [3.05, 3.63) is 53.2 Å². The van der Waals surface area contributed by atoms with Gasteiger partial charge in [0, 0.05) is 0 Å². The number of carbonyl (C=O) groups excluding carboxylic acids is 2. The SMILES string of the molecule is C[C@@H](NC(=O)COC(=O)COc1ccc(F)cc1Cl)c1ccco1. The van der Waals surface area contributed by atoms with Gasteiger partial charge in [-0.3, -0.25) is 4.79 Å². The van der Waals surface area contributed by atoms with Crippen molar-refractivity contribution in [2.24, 2.45) is 0 Å². The minimum absolute atomic E-state index is 0.0350. The lowest BCUT2D eigenvalue weighted by Gasteiger charge is -2.12. The summed E-state index contributed by atoms with van der Waals surface area (Å²) < 4.78 is 27.9. The zero-order chi connectivity index (χ0) is 17.5. The molecule has 0 aliphatic carbocycles. The van der Waals surface area contributed by atoms with Crippen molar-refractivity contribution >= 4 is 23.5 Å². The van der Waals surface area contributed by atoms with Crippen LogP contribution in [-0.4, -0.2) is 25.1 Å². The van der Waals surface area contributed by atoms with Gasteiger partial charge in [-0.15, -0.1) is 0 Å². The summed E-state index contributed by atoms with van der Waals surface area (Å²) >= 11 is 5.76. The number of furan rings is 1. The molecule has 0 unspecified atom stereocenters. The van der Waals surface area contributed by atoms with Crippen LogP contribution < -0.4 is 10.1 Å². The topological polar surface area (TPSA) is 77.8 Å². The Bertz CT molecular complexity index is 704. The van der Waals surface area contributed by atoms with Crippen LogP contribution in [0.4, 0.5) is 4.39 Å². The second-order valence-corrected chi connectivity index (χ2v) is 5.24. The lowest BCUT2D eigenvalue weighted by Crippen LogP contribution is -2.31. The zero-order valence-electron chi connectivity index (χ0n) is 12.8. The highest BCUT2D eigenvalue weighted by Gasteiger charge is 2.14. The Morgan fingerprint density at radius 1 is 1.33 bits per heavy atom. The fraction of sp³-hybridized carbons (Fsp3) is 0.250. The first-order valence-electron chi connectivity index (χ1n) is 7.02. The molecule has 0 fully saturated rings. The third-order valence-corrected chi connectivity index (χ3v) is 3.25. The number of esters is 1. The summed E-state index contributed by atoms with van der Waals surface area (Å²) in [6.45, 7) is 0.828. The number of hydrogen-bond acceptors (Lipinski definition) is 5. The van der Waals surface area contributed by atoms with Crippen LogP contribution >= 0.6 is 11.6 Å². The zero-order valence-corrected chi connectivity index (χ0v) is 13.5. The van der Waals surface area contributed by atoms with E-state index in [0.29, 0.717) is 5.76 Å². The molecule has 0 saturated carbocycles. The van der Waals surface area contributed by atoms with Crippen LogP contribution in [0.2, 0.25) is 5.02 Å². The molecule has 1 heterocycles. The normalized spacial score (nSPS) is 11.6. The van der Waals surface area contributed by atoms with Gasteiger partial charge in [0.05, 0.1) is 17.3 Å². The minimum atomic E-state index is -0.754. The lowest BCUT2D eigenvalue weighted by atomic mass is 10.2. The van der Waals surface area contributed by atoms with Gasteiger partial charge < -0.3 is 19.2 Å². The first-order chi connectivity index (χ1) is 11.5. The molecule has 0 spiro atoms. The Hall–Kier alpha value is -2.54. The predicted molar refractivity (Wildman–Crippen MR) is 83.1 cm³/mol. The molecule has 6 nitrogen and oxygen atoms in total. The number of carbonyl (C=O) groups is 2. The highest BCUT2D eigenvalue weighted by atomic mass is 35.5. The van der Waals surface area contributed by atoms with Crippen molar-refractivity contribution in [2.45, 2.75) is 13.0 Å². The second-order valence-electron chi connectivity index (χ2n) is 4.83. The fourth-order valence-corrected chi connectivity index (χ4v) is 2.03. The van der Waals surface area contributed by atoms with Crippen molar-refractivity contribution < 1.29 is 27.9 Å². The third kappa shape index (κ3) is 5.27. The Balaban J connectivity index is 1.71. The molecule has 1 amide bonds. The average Bonchev–Trinajstić information content (AvgIpc) is 3.06. The summed E-state index contributed by atoms with van der Waals surface area (Å²) in [5.74, 6) is -1.02. The number of ether oxygens (including phenoxy) is 2. The molecule has 1 aromatic heterocycles. The summed E-state index contributed by atoms with van der Waals surface area (Å²) in [6.07, 6.45) is 1.50. The lowest BCUT2D eigenvalue weighted by molar-refractivity contribution is -0.150. The van der Waals surface area contributed by atoms with E-state index in [4.69, 9.17) is 25.5 Å². The molecule has 0 radical (unpaired) electrons. The monoisotopic (exact) mass is 355 g/mol. The first kappa shape index (κ1) is 17.8. The summed E-state index contributed by atoms with van der Waals surface area (Å²) in [6, 6.07) is 6.58. The molecule has 2 aromatic rings. The van der Waals surface area contributed by atoms with E-state index in [0.717, 1.165) is 12.1 Å². The fourth-order valence-electron chi connectivity index (χ4n) is 1.81. The predicted octanol–water partition coefficient (Wildman–Crippen LogP) is 2.87. The Morgan fingerprint density at radius 2 is 2.12 bits per heavy atom. The Kier molecular flexibility index (Phi) is 6.20.